The summed E-state index contributed by atoms with van der Waals surface area (Å²) in [6.45, 7) is 1.70. The van der Waals surface area contributed by atoms with Crippen molar-refractivity contribution in [2.24, 2.45) is 5.92 Å². The average molecular weight is 506 g/mol. The highest BCUT2D eigenvalue weighted by Gasteiger charge is 2.75. The minimum atomic E-state index is -0.949. The highest BCUT2D eigenvalue weighted by Crippen LogP contribution is 2.64. The molecule has 3 atom stereocenters. The summed E-state index contributed by atoms with van der Waals surface area (Å²) in [5.41, 5.74) is -0.506. The van der Waals surface area contributed by atoms with E-state index >= 15 is 0 Å². The van der Waals surface area contributed by atoms with E-state index in [1.165, 1.54) is 19.2 Å². The third-order valence-corrected chi connectivity index (χ3v) is 7.63. The number of aliphatic hydroxyl groups is 1. The number of nitrogens with one attached hydrogen (secondary N) is 2. The van der Waals surface area contributed by atoms with Gasteiger partial charge in [-0.3, -0.25) is 9.59 Å². The topological polar surface area (TPSA) is 119 Å². The number of pyridine rings is 1. The third-order valence-electron chi connectivity index (χ3n) is 7.33. The molecule has 3 saturated carbocycles. The number of benzene rings is 1. The van der Waals surface area contributed by atoms with Crippen molar-refractivity contribution in [3.05, 3.63) is 46.9 Å². The molecule has 0 unspecified atom stereocenters. The van der Waals surface area contributed by atoms with Gasteiger partial charge in [-0.25, -0.2) is 9.37 Å². The van der Waals surface area contributed by atoms with Gasteiger partial charge < -0.3 is 30.0 Å². The fraction of sp³-hybridized carbons (Fsp3) is 0.458. The minimum Gasteiger partial charge on any atom is -0.484 e. The third kappa shape index (κ3) is 4.04. The second-order valence-electron chi connectivity index (χ2n) is 9.38. The van der Waals surface area contributed by atoms with Crippen LogP contribution in [0, 0.1) is 11.7 Å². The predicted octanol–water partition coefficient (Wildman–Crippen LogP) is 2.30. The molecule has 4 aliphatic rings. The number of ether oxygens (including phenoxy) is 3. The zero-order chi connectivity index (χ0) is 25.0. The van der Waals surface area contributed by atoms with E-state index in [0.717, 1.165) is 6.07 Å². The molecule has 186 valence electrons. The van der Waals surface area contributed by atoms with Gasteiger partial charge in [0.15, 0.2) is 12.7 Å². The number of aliphatic hydroxyl groups excluding tert-OH is 1. The van der Waals surface area contributed by atoms with E-state index in [0.29, 0.717) is 30.2 Å². The van der Waals surface area contributed by atoms with Crippen LogP contribution >= 0.6 is 11.6 Å². The van der Waals surface area contributed by atoms with Crippen LogP contribution in [0.2, 0.25) is 5.02 Å². The summed E-state index contributed by atoms with van der Waals surface area (Å²) < 4.78 is 29.8. The fourth-order valence-corrected chi connectivity index (χ4v) is 5.39. The minimum absolute atomic E-state index is 0.00241. The molecule has 0 radical (unpaired) electrons. The van der Waals surface area contributed by atoms with Crippen LogP contribution in [0.25, 0.3) is 0 Å². The molecule has 2 heterocycles. The second-order valence-corrected chi connectivity index (χ2v) is 9.79. The van der Waals surface area contributed by atoms with Crippen LogP contribution in [-0.2, 0) is 9.59 Å². The number of carbonyl (C=O) groups excluding carboxylic acids is 2. The van der Waals surface area contributed by atoms with Gasteiger partial charge in [-0.05, 0) is 31.0 Å². The van der Waals surface area contributed by atoms with Crippen LogP contribution in [0.1, 0.15) is 38.0 Å². The first kappa shape index (κ1) is 23.6. The van der Waals surface area contributed by atoms with Crippen LogP contribution in [0.5, 0.6) is 17.4 Å². The fourth-order valence-electron chi connectivity index (χ4n) is 5.27. The molecule has 3 N–H and O–H groups in total. The molecule has 1 aromatic heterocycles. The molecule has 2 bridgehead atoms. The number of nitrogens with zero attached hydrogens (tertiary/aromatic N) is 1. The smallest absolute Gasteiger partial charge is 0.261 e. The molecule has 1 aromatic carbocycles. The summed E-state index contributed by atoms with van der Waals surface area (Å²) in [6.07, 6.45) is -0.562. The van der Waals surface area contributed by atoms with Crippen molar-refractivity contribution >= 4 is 23.4 Å². The van der Waals surface area contributed by atoms with E-state index in [9.17, 15) is 19.1 Å². The summed E-state index contributed by atoms with van der Waals surface area (Å²) >= 11 is 5.65. The normalized spacial score (nSPS) is 30.0. The Balaban J connectivity index is 1.13. The van der Waals surface area contributed by atoms with Crippen molar-refractivity contribution < 1.29 is 33.3 Å². The Kier molecular flexibility index (Phi) is 5.76. The summed E-state index contributed by atoms with van der Waals surface area (Å²) in [5.74, 6) is -0.349. The lowest BCUT2D eigenvalue weighted by atomic mass is 9.37. The van der Waals surface area contributed by atoms with E-state index in [4.69, 9.17) is 25.8 Å². The highest BCUT2D eigenvalue weighted by atomic mass is 35.5. The molecular formula is C24H25ClFN3O6. The molecule has 3 aliphatic carbocycles. The Hall–Kier alpha value is -3.11. The van der Waals surface area contributed by atoms with Gasteiger partial charge in [0.1, 0.15) is 29.1 Å². The van der Waals surface area contributed by atoms with Crippen LogP contribution in [-0.4, -0.2) is 52.8 Å². The number of hydrogen-bond donors (Lipinski definition) is 3. The van der Waals surface area contributed by atoms with E-state index in [-0.39, 0.29) is 41.5 Å². The van der Waals surface area contributed by atoms with Crippen LogP contribution in [0.3, 0.4) is 0 Å². The highest BCUT2D eigenvalue weighted by molar-refractivity contribution is 6.30. The molecule has 0 saturated heterocycles. The standard InChI is InChI=1S/C24H25ClFN3O6/c1-12-23(28-19(31)9-34-13-3-4-14(25)15(26)7-13)10-24(12,11-23)29-22(32)18-8-16(30)21-17(35-18)5-6-20(27-21)33-2/h3-7,12,16,18,30H,8-11H2,1-2H3,(H,28,31)(H,29,32)/t12-,16-,18-,23?,24?/m1/s1. The molecule has 9 nitrogen and oxygen atoms in total. The van der Waals surface area contributed by atoms with Crippen molar-refractivity contribution in [2.45, 2.75) is 49.5 Å². The number of carbonyl (C=O) groups is 2. The van der Waals surface area contributed by atoms with Crippen LogP contribution < -0.4 is 24.8 Å². The number of amides is 2. The molecule has 11 heteroatoms. The first-order valence-corrected chi connectivity index (χ1v) is 11.6. The SMILES string of the molecule is COc1ccc2c(n1)[C@H](O)C[C@H](C(=O)NC13CC(NC(=O)COc4ccc(Cl)c(F)c4)(C1)[C@H]3C)O2. The quantitative estimate of drug-likeness (QED) is 0.528. The first-order valence-electron chi connectivity index (χ1n) is 11.3. The van der Waals surface area contributed by atoms with Crippen molar-refractivity contribution in [1.29, 1.82) is 0 Å². The number of methoxy groups -OCH3 is 1. The summed E-state index contributed by atoms with van der Waals surface area (Å²) in [5, 5.41) is 16.5. The molecule has 2 aromatic rings. The number of fused-ring (bicyclic) bond motifs is 1. The van der Waals surface area contributed by atoms with Crippen molar-refractivity contribution in [3.63, 3.8) is 0 Å². The molecule has 1 aliphatic heterocycles. The average Bonchev–Trinajstić information content (AvgIpc) is 2.83. The zero-order valence-corrected chi connectivity index (χ0v) is 19.9. The van der Waals surface area contributed by atoms with E-state index in [2.05, 4.69) is 15.6 Å². The zero-order valence-electron chi connectivity index (χ0n) is 19.1. The lowest BCUT2D eigenvalue weighted by Crippen LogP contribution is -2.90. The number of halogens is 2. The van der Waals surface area contributed by atoms with E-state index in [1.807, 2.05) is 6.92 Å². The van der Waals surface area contributed by atoms with E-state index in [1.54, 1.807) is 12.1 Å². The maximum absolute atomic E-state index is 13.5. The molecule has 35 heavy (non-hydrogen) atoms. The van der Waals surface area contributed by atoms with E-state index < -0.39 is 29.1 Å². The lowest BCUT2D eigenvalue weighted by Gasteiger charge is -2.75. The molecule has 6 rings (SSSR count). The molecular weight excluding hydrogens is 481 g/mol. The van der Waals surface area contributed by atoms with Crippen molar-refractivity contribution in [1.82, 2.24) is 15.6 Å². The summed E-state index contributed by atoms with van der Waals surface area (Å²) in [7, 11) is 1.48. The van der Waals surface area contributed by atoms with Crippen LogP contribution in [0.15, 0.2) is 30.3 Å². The van der Waals surface area contributed by atoms with Crippen molar-refractivity contribution in [3.8, 4) is 17.4 Å². The maximum Gasteiger partial charge on any atom is 0.261 e. The second kappa shape index (κ2) is 8.53. The Morgan fingerprint density at radius 2 is 2.00 bits per heavy atom. The van der Waals surface area contributed by atoms with Gasteiger partial charge in [-0.15, -0.1) is 0 Å². The summed E-state index contributed by atoms with van der Waals surface area (Å²) in [6, 6.07) is 7.20. The van der Waals surface area contributed by atoms with Gasteiger partial charge in [0.2, 0.25) is 5.88 Å². The monoisotopic (exact) mass is 505 g/mol. The largest absolute Gasteiger partial charge is 0.484 e. The van der Waals surface area contributed by atoms with Gasteiger partial charge in [0, 0.05) is 35.5 Å². The molecule has 2 amide bonds. The molecule has 0 spiro atoms. The predicted molar refractivity (Wildman–Crippen MR) is 122 cm³/mol. The van der Waals surface area contributed by atoms with Crippen LogP contribution in [0.4, 0.5) is 4.39 Å². The Labute approximate surface area is 205 Å². The Morgan fingerprint density at radius 1 is 1.26 bits per heavy atom. The summed E-state index contributed by atoms with van der Waals surface area (Å²) in [4.78, 5) is 29.6. The molecule has 3 fully saturated rings. The maximum atomic E-state index is 13.5. The lowest BCUT2D eigenvalue weighted by molar-refractivity contribution is -0.186. The number of hydrogen-bond acceptors (Lipinski definition) is 7. The van der Waals surface area contributed by atoms with Gasteiger partial charge in [0.25, 0.3) is 11.8 Å². The Bertz CT molecular complexity index is 1190. The van der Waals surface area contributed by atoms with Gasteiger partial charge in [-0.1, -0.05) is 18.5 Å². The number of aromatic nitrogens is 1. The van der Waals surface area contributed by atoms with Crippen molar-refractivity contribution in [2.75, 3.05) is 13.7 Å². The Morgan fingerprint density at radius 3 is 2.69 bits per heavy atom. The number of rotatable bonds is 7. The van der Waals surface area contributed by atoms with Gasteiger partial charge >= 0.3 is 0 Å². The van der Waals surface area contributed by atoms with Gasteiger partial charge in [-0.2, -0.15) is 0 Å². The first-order chi connectivity index (χ1) is 16.6. The van der Waals surface area contributed by atoms with Gasteiger partial charge in [0.05, 0.1) is 12.1 Å².